The summed E-state index contributed by atoms with van der Waals surface area (Å²) in [5, 5.41) is 9.56. The summed E-state index contributed by atoms with van der Waals surface area (Å²) < 4.78 is 7.59. The van der Waals surface area contributed by atoms with Crippen LogP contribution in [0.1, 0.15) is 39.2 Å². The Bertz CT molecular complexity index is 1180. The van der Waals surface area contributed by atoms with Crippen LogP contribution in [0.25, 0.3) is 10.9 Å². The maximum atomic E-state index is 12.8. The van der Waals surface area contributed by atoms with Gasteiger partial charge in [0.05, 0.1) is 16.5 Å². The number of benzene rings is 2. The lowest BCUT2D eigenvalue weighted by molar-refractivity contribution is -0.139. The topological polar surface area (TPSA) is 112 Å². The summed E-state index contributed by atoms with van der Waals surface area (Å²) in [7, 11) is 0. The van der Waals surface area contributed by atoms with Crippen molar-refractivity contribution in [2.45, 2.75) is 32.7 Å². The lowest BCUT2D eigenvalue weighted by Gasteiger charge is -2.14. The van der Waals surface area contributed by atoms with E-state index >= 15 is 0 Å². The minimum atomic E-state index is -1.12. The Labute approximate surface area is 173 Å². The number of ether oxygens (including phenoxy) is 1. The Morgan fingerprint density at radius 2 is 1.90 bits per heavy atom. The predicted molar refractivity (Wildman–Crippen MR) is 111 cm³/mol. The number of hydrogen-bond acceptors (Lipinski definition) is 4. The first-order valence-corrected chi connectivity index (χ1v) is 9.78. The number of nitrogens with zero attached hydrogens (tertiary/aromatic N) is 1. The van der Waals surface area contributed by atoms with Crippen molar-refractivity contribution >= 4 is 28.6 Å². The van der Waals surface area contributed by atoms with Gasteiger partial charge < -0.3 is 20.1 Å². The number of rotatable bonds is 7. The highest BCUT2D eigenvalue weighted by molar-refractivity contribution is 6.45. The molecule has 1 heterocycles. The molecular formula is C23H22N2O5. The van der Waals surface area contributed by atoms with Gasteiger partial charge in [-0.25, -0.2) is 4.79 Å². The number of aliphatic carboxylic acids is 1. The van der Waals surface area contributed by atoms with Gasteiger partial charge in [0.15, 0.2) is 6.61 Å². The van der Waals surface area contributed by atoms with Crippen LogP contribution < -0.4 is 10.5 Å². The molecule has 0 aliphatic heterocycles. The van der Waals surface area contributed by atoms with Gasteiger partial charge >= 0.3 is 5.97 Å². The van der Waals surface area contributed by atoms with E-state index in [1.807, 2.05) is 34.9 Å². The lowest BCUT2D eigenvalue weighted by atomic mass is 10.0. The monoisotopic (exact) mass is 406 g/mol. The van der Waals surface area contributed by atoms with E-state index < -0.39 is 24.3 Å². The molecule has 0 atom stereocenters. The highest BCUT2D eigenvalue weighted by Crippen LogP contribution is 2.41. The van der Waals surface area contributed by atoms with Crippen molar-refractivity contribution < 1.29 is 24.2 Å². The Balaban J connectivity index is 2.03. The van der Waals surface area contributed by atoms with Crippen molar-refractivity contribution in [1.29, 1.82) is 0 Å². The zero-order valence-electron chi connectivity index (χ0n) is 16.6. The summed E-state index contributed by atoms with van der Waals surface area (Å²) in [5.74, 6) is -2.68. The molecule has 3 aromatic rings. The van der Waals surface area contributed by atoms with Crippen LogP contribution in [0.3, 0.4) is 0 Å². The average molecular weight is 406 g/mol. The summed E-state index contributed by atoms with van der Waals surface area (Å²) in [6.07, 6.45) is 2.65. The molecule has 0 saturated heterocycles. The Morgan fingerprint density at radius 3 is 2.57 bits per heavy atom. The molecule has 2 aromatic carbocycles. The second-order valence-electron chi connectivity index (χ2n) is 7.50. The second-order valence-corrected chi connectivity index (χ2v) is 7.50. The number of hydrogen-bond donors (Lipinski definition) is 2. The number of ketones is 1. The van der Waals surface area contributed by atoms with E-state index in [-0.39, 0.29) is 5.56 Å². The number of carbonyl (C=O) groups is 3. The van der Waals surface area contributed by atoms with Crippen molar-refractivity contribution in [3.05, 3.63) is 64.3 Å². The number of carboxylic acids is 1. The van der Waals surface area contributed by atoms with E-state index in [1.165, 1.54) is 0 Å². The number of carbonyl (C=O) groups excluding carboxylic acids is 2. The van der Waals surface area contributed by atoms with Gasteiger partial charge in [-0.2, -0.15) is 0 Å². The van der Waals surface area contributed by atoms with Crippen molar-refractivity contribution in [3.8, 4) is 5.75 Å². The molecule has 0 fully saturated rings. The first kappa shape index (κ1) is 19.7. The number of aryl methyl sites for hydroxylation is 2. The molecule has 7 heteroatoms. The number of Topliss-reactive ketones (excluding diaryl/α,β-unsaturated/α-hetero) is 1. The van der Waals surface area contributed by atoms with Crippen LogP contribution in [0.15, 0.2) is 36.4 Å². The minimum Gasteiger partial charge on any atom is -0.481 e. The number of amides is 1. The van der Waals surface area contributed by atoms with E-state index in [2.05, 4.69) is 0 Å². The number of nitrogens with two attached hydrogens (primary N) is 1. The first-order valence-electron chi connectivity index (χ1n) is 9.78. The average Bonchev–Trinajstić information content (AvgIpc) is 3.29. The third-order valence-electron chi connectivity index (χ3n) is 5.61. The van der Waals surface area contributed by atoms with Gasteiger partial charge in [-0.15, -0.1) is 0 Å². The van der Waals surface area contributed by atoms with Crippen LogP contribution >= 0.6 is 0 Å². The fourth-order valence-corrected chi connectivity index (χ4v) is 4.34. The molecule has 0 radical (unpaired) electrons. The molecule has 154 valence electrons. The maximum Gasteiger partial charge on any atom is 0.341 e. The normalized spacial score (nSPS) is 12.7. The second kappa shape index (κ2) is 7.67. The third-order valence-corrected chi connectivity index (χ3v) is 5.61. The first-order chi connectivity index (χ1) is 14.4. The molecule has 30 heavy (non-hydrogen) atoms. The van der Waals surface area contributed by atoms with Gasteiger partial charge in [0, 0.05) is 12.2 Å². The fraction of sp³-hybridized carbons (Fsp3) is 0.261. The smallest absolute Gasteiger partial charge is 0.341 e. The molecule has 1 aliphatic rings. The van der Waals surface area contributed by atoms with Gasteiger partial charge in [-0.05, 0) is 48.9 Å². The standard InChI is InChI=1S/C23H22N2O5/c1-13-19(22(28)23(24)29)20-17(30-12-18(26)27)10-15-8-5-9-16(15)21(20)25(13)11-14-6-3-2-4-7-14/h2-4,6-7,10H,5,8-9,11-12H2,1H3,(H2,24,29)(H,26,27). The summed E-state index contributed by atoms with van der Waals surface area (Å²) in [6, 6.07) is 11.6. The van der Waals surface area contributed by atoms with Gasteiger partial charge in [-0.3, -0.25) is 9.59 Å². The molecule has 0 bridgehead atoms. The fourth-order valence-electron chi connectivity index (χ4n) is 4.34. The van der Waals surface area contributed by atoms with Gasteiger partial charge in [-0.1, -0.05) is 30.3 Å². The highest BCUT2D eigenvalue weighted by atomic mass is 16.5. The minimum absolute atomic E-state index is 0.184. The molecule has 0 unspecified atom stereocenters. The van der Waals surface area contributed by atoms with Gasteiger partial charge in [0.1, 0.15) is 5.75 Å². The number of aromatic nitrogens is 1. The maximum absolute atomic E-state index is 12.8. The van der Waals surface area contributed by atoms with Crippen LogP contribution in [-0.2, 0) is 29.0 Å². The molecule has 4 rings (SSSR count). The third kappa shape index (κ3) is 3.32. The molecule has 1 aliphatic carbocycles. The molecule has 3 N–H and O–H groups in total. The van der Waals surface area contributed by atoms with Crippen LogP contribution in [0.4, 0.5) is 0 Å². The summed E-state index contributed by atoms with van der Waals surface area (Å²) in [4.78, 5) is 35.7. The SMILES string of the molecule is Cc1c(C(=O)C(N)=O)c2c(OCC(=O)O)cc3c(c2n1Cc1ccccc1)CCC3. The van der Waals surface area contributed by atoms with Crippen LogP contribution in [0.2, 0.25) is 0 Å². The predicted octanol–water partition coefficient (Wildman–Crippen LogP) is 2.62. The number of fused-ring (bicyclic) bond motifs is 3. The van der Waals surface area contributed by atoms with Crippen molar-refractivity contribution in [1.82, 2.24) is 4.57 Å². The van der Waals surface area contributed by atoms with Crippen LogP contribution in [0.5, 0.6) is 5.75 Å². The van der Waals surface area contributed by atoms with E-state index in [4.69, 9.17) is 15.6 Å². The van der Waals surface area contributed by atoms with E-state index in [9.17, 15) is 14.4 Å². The summed E-state index contributed by atoms with van der Waals surface area (Å²) >= 11 is 0. The van der Waals surface area contributed by atoms with Gasteiger partial charge in [0.2, 0.25) is 0 Å². The van der Waals surface area contributed by atoms with E-state index in [1.54, 1.807) is 13.0 Å². The molecule has 0 spiro atoms. The Hall–Kier alpha value is -3.61. The highest BCUT2D eigenvalue weighted by Gasteiger charge is 2.30. The van der Waals surface area contributed by atoms with Crippen molar-refractivity contribution in [2.24, 2.45) is 5.73 Å². The molecule has 0 saturated carbocycles. The lowest BCUT2D eigenvalue weighted by Crippen LogP contribution is -2.24. The zero-order valence-corrected chi connectivity index (χ0v) is 16.6. The zero-order chi connectivity index (χ0) is 21.4. The molecule has 1 amide bonds. The molecule has 7 nitrogen and oxygen atoms in total. The van der Waals surface area contributed by atoms with E-state index in [0.29, 0.717) is 23.4 Å². The number of carboxylic acid groups (broad SMARTS) is 1. The molecule has 1 aromatic heterocycles. The quantitative estimate of drug-likeness (QED) is 0.463. The molecular weight excluding hydrogens is 384 g/mol. The van der Waals surface area contributed by atoms with Crippen molar-refractivity contribution in [3.63, 3.8) is 0 Å². The number of primary amides is 1. The summed E-state index contributed by atoms with van der Waals surface area (Å²) in [5.41, 5.74) is 10.2. The Morgan fingerprint density at radius 1 is 1.17 bits per heavy atom. The van der Waals surface area contributed by atoms with Crippen molar-refractivity contribution in [2.75, 3.05) is 6.61 Å². The Kier molecular flexibility index (Phi) is 5.03. The van der Waals surface area contributed by atoms with E-state index in [0.717, 1.165) is 41.5 Å². The van der Waals surface area contributed by atoms with Gasteiger partial charge in [0.25, 0.3) is 11.7 Å². The summed E-state index contributed by atoms with van der Waals surface area (Å²) in [6.45, 7) is 1.74. The largest absolute Gasteiger partial charge is 0.481 e. The van der Waals surface area contributed by atoms with Crippen LogP contribution in [0, 0.1) is 6.92 Å². The van der Waals surface area contributed by atoms with Crippen LogP contribution in [-0.4, -0.2) is 33.9 Å².